The van der Waals surface area contributed by atoms with E-state index in [9.17, 15) is 9.59 Å². The van der Waals surface area contributed by atoms with Gasteiger partial charge in [0.25, 0.3) is 0 Å². The number of allylic oxidation sites excluding steroid dienone is 3. The molecule has 0 radical (unpaired) electrons. The van der Waals surface area contributed by atoms with E-state index in [4.69, 9.17) is 21.1 Å². The molecule has 0 bridgehead atoms. The first kappa shape index (κ1) is 27.3. The third kappa shape index (κ3) is 10.4. The lowest BCUT2D eigenvalue weighted by atomic mass is 9.87. The van der Waals surface area contributed by atoms with Crippen LogP contribution in [0.2, 0.25) is 0 Å². The smallest absolute Gasteiger partial charge is 0.334 e. The molecule has 1 aliphatic rings. The van der Waals surface area contributed by atoms with Gasteiger partial charge in [-0.3, -0.25) is 4.79 Å². The van der Waals surface area contributed by atoms with E-state index in [0.29, 0.717) is 24.5 Å². The molecular weight excluding hydrogens is 414 g/mol. The summed E-state index contributed by atoms with van der Waals surface area (Å²) in [6.07, 6.45) is 9.38. The van der Waals surface area contributed by atoms with Crippen molar-refractivity contribution in [3.05, 3.63) is 34.6 Å². The van der Waals surface area contributed by atoms with Crippen molar-refractivity contribution in [1.82, 2.24) is 4.90 Å². The number of ether oxygens (including phenoxy) is 2. The Morgan fingerprint density at radius 2 is 2.13 bits per heavy atom. The molecule has 0 saturated heterocycles. The minimum atomic E-state index is -0.311. The van der Waals surface area contributed by atoms with E-state index in [-0.39, 0.29) is 23.9 Å². The SMILES string of the molecule is CCC(=O)N(C)CCCC(=CCl)CC=C(C)CC(C)CC(C)C1CC(OC)=CC(=O)O1. The molecule has 5 nitrogen and oxygen atoms in total. The molecule has 0 N–H and O–H groups in total. The molecule has 3 unspecified atom stereocenters. The Bertz CT molecular complexity index is 683. The largest absolute Gasteiger partial charge is 0.501 e. The lowest BCUT2D eigenvalue weighted by molar-refractivity contribution is -0.148. The second-order valence-corrected chi connectivity index (χ2v) is 9.03. The summed E-state index contributed by atoms with van der Waals surface area (Å²) in [5.41, 5.74) is 4.20. The van der Waals surface area contributed by atoms with Crippen molar-refractivity contribution in [2.24, 2.45) is 11.8 Å². The average molecular weight is 454 g/mol. The van der Waals surface area contributed by atoms with E-state index in [1.54, 1.807) is 17.5 Å². The molecule has 1 aliphatic heterocycles. The second-order valence-electron chi connectivity index (χ2n) is 8.81. The molecule has 0 aromatic carbocycles. The van der Waals surface area contributed by atoms with Crippen LogP contribution >= 0.6 is 11.6 Å². The molecule has 1 heterocycles. The Kier molecular flexibility index (Phi) is 12.6. The number of rotatable bonds is 13. The quantitative estimate of drug-likeness (QED) is 0.254. The number of nitrogens with zero attached hydrogens (tertiary/aromatic N) is 1. The number of carbonyl (C=O) groups is 2. The highest BCUT2D eigenvalue weighted by Gasteiger charge is 2.28. The predicted octanol–water partition coefficient (Wildman–Crippen LogP) is 5.99. The third-order valence-corrected chi connectivity index (χ3v) is 6.19. The fourth-order valence-electron chi connectivity index (χ4n) is 4.02. The number of hydrogen-bond acceptors (Lipinski definition) is 4. The van der Waals surface area contributed by atoms with Gasteiger partial charge in [-0.25, -0.2) is 4.79 Å². The Hall–Kier alpha value is -1.75. The van der Waals surface area contributed by atoms with Gasteiger partial charge in [0.2, 0.25) is 5.91 Å². The van der Waals surface area contributed by atoms with Gasteiger partial charge in [-0.2, -0.15) is 0 Å². The summed E-state index contributed by atoms with van der Waals surface area (Å²) in [6.45, 7) is 9.18. The third-order valence-electron chi connectivity index (χ3n) is 5.88. The first-order valence-electron chi connectivity index (χ1n) is 11.3. The van der Waals surface area contributed by atoms with Crippen molar-refractivity contribution >= 4 is 23.5 Å². The highest BCUT2D eigenvalue weighted by atomic mass is 35.5. The topological polar surface area (TPSA) is 55.8 Å². The van der Waals surface area contributed by atoms with E-state index in [1.807, 2.05) is 14.0 Å². The van der Waals surface area contributed by atoms with Crippen molar-refractivity contribution in [3.63, 3.8) is 0 Å². The van der Waals surface area contributed by atoms with Gasteiger partial charge in [-0.15, -0.1) is 0 Å². The molecule has 0 aromatic rings. The average Bonchev–Trinajstić information content (AvgIpc) is 2.74. The highest BCUT2D eigenvalue weighted by molar-refractivity contribution is 6.25. The molecule has 3 atom stereocenters. The molecule has 0 aromatic heterocycles. The van der Waals surface area contributed by atoms with Crippen LogP contribution in [0.4, 0.5) is 0 Å². The summed E-state index contributed by atoms with van der Waals surface area (Å²) in [6, 6.07) is 0. The minimum absolute atomic E-state index is 0.123. The van der Waals surface area contributed by atoms with Gasteiger partial charge in [-0.05, 0) is 50.9 Å². The first-order chi connectivity index (χ1) is 14.7. The summed E-state index contributed by atoms with van der Waals surface area (Å²) in [5.74, 6) is 1.32. The zero-order chi connectivity index (χ0) is 23.4. The summed E-state index contributed by atoms with van der Waals surface area (Å²) in [7, 11) is 3.44. The maximum Gasteiger partial charge on any atom is 0.334 e. The lowest BCUT2D eigenvalue weighted by Gasteiger charge is -2.29. The Balaban J connectivity index is 2.43. The van der Waals surface area contributed by atoms with Crippen molar-refractivity contribution in [2.45, 2.75) is 78.7 Å². The summed E-state index contributed by atoms with van der Waals surface area (Å²) in [5, 5.41) is 0. The van der Waals surface area contributed by atoms with Gasteiger partial charge in [0.15, 0.2) is 0 Å². The van der Waals surface area contributed by atoms with Crippen LogP contribution in [-0.2, 0) is 19.1 Å². The summed E-state index contributed by atoms with van der Waals surface area (Å²) >= 11 is 6.02. The van der Waals surface area contributed by atoms with Gasteiger partial charge < -0.3 is 14.4 Å². The van der Waals surface area contributed by atoms with Crippen molar-refractivity contribution in [3.8, 4) is 0 Å². The van der Waals surface area contributed by atoms with Crippen LogP contribution in [0.15, 0.2) is 34.6 Å². The van der Waals surface area contributed by atoms with E-state index in [1.165, 1.54) is 17.2 Å². The number of cyclic esters (lactones) is 1. The van der Waals surface area contributed by atoms with Crippen LogP contribution in [0.25, 0.3) is 0 Å². The number of hydrogen-bond donors (Lipinski definition) is 0. The van der Waals surface area contributed by atoms with Crippen LogP contribution in [0, 0.1) is 11.8 Å². The van der Waals surface area contributed by atoms with Crippen LogP contribution in [0.3, 0.4) is 0 Å². The maximum atomic E-state index is 11.7. The van der Waals surface area contributed by atoms with Gasteiger partial charge in [0, 0.05) is 32.0 Å². The number of amides is 1. The van der Waals surface area contributed by atoms with Crippen molar-refractivity contribution < 1.29 is 19.1 Å². The first-order valence-corrected chi connectivity index (χ1v) is 11.8. The Morgan fingerprint density at radius 1 is 1.42 bits per heavy atom. The molecule has 176 valence electrons. The molecular formula is C25H40ClNO4. The number of halogens is 1. The van der Waals surface area contributed by atoms with Crippen LogP contribution in [-0.4, -0.2) is 43.6 Å². The molecule has 0 fully saturated rings. The van der Waals surface area contributed by atoms with E-state index in [0.717, 1.165) is 38.6 Å². The van der Waals surface area contributed by atoms with Gasteiger partial charge in [0.1, 0.15) is 11.9 Å². The normalized spacial score (nSPS) is 19.4. The molecule has 6 heteroatoms. The van der Waals surface area contributed by atoms with Gasteiger partial charge >= 0.3 is 5.97 Å². The molecule has 0 aliphatic carbocycles. The van der Waals surface area contributed by atoms with Gasteiger partial charge in [0.05, 0.1) is 13.2 Å². The van der Waals surface area contributed by atoms with Gasteiger partial charge in [-0.1, -0.05) is 49.6 Å². The predicted molar refractivity (Wildman–Crippen MR) is 127 cm³/mol. The Labute approximate surface area is 193 Å². The fraction of sp³-hybridized carbons (Fsp3) is 0.680. The minimum Gasteiger partial charge on any atom is -0.501 e. The number of esters is 1. The number of methoxy groups -OCH3 is 1. The Morgan fingerprint density at radius 3 is 2.74 bits per heavy atom. The van der Waals surface area contributed by atoms with E-state index in [2.05, 4.69) is 26.8 Å². The zero-order valence-corrected chi connectivity index (χ0v) is 20.8. The molecule has 1 amide bonds. The second kappa shape index (κ2) is 14.3. The van der Waals surface area contributed by atoms with Crippen LogP contribution in [0.1, 0.15) is 72.6 Å². The zero-order valence-electron chi connectivity index (χ0n) is 20.1. The molecule has 0 spiro atoms. The summed E-state index contributed by atoms with van der Waals surface area (Å²) < 4.78 is 10.7. The van der Waals surface area contributed by atoms with Crippen LogP contribution < -0.4 is 0 Å². The molecule has 1 rings (SSSR count). The summed E-state index contributed by atoms with van der Waals surface area (Å²) in [4.78, 5) is 25.2. The van der Waals surface area contributed by atoms with Crippen molar-refractivity contribution in [2.75, 3.05) is 20.7 Å². The highest BCUT2D eigenvalue weighted by Crippen LogP contribution is 2.29. The van der Waals surface area contributed by atoms with E-state index < -0.39 is 0 Å². The lowest BCUT2D eigenvalue weighted by Crippen LogP contribution is -2.30. The molecule has 0 saturated carbocycles. The monoisotopic (exact) mass is 453 g/mol. The molecule has 31 heavy (non-hydrogen) atoms. The van der Waals surface area contributed by atoms with E-state index >= 15 is 0 Å². The fourth-order valence-corrected chi connectivity index (χ4v) is 4.22. The maximum absolute atomic E-state index is 11.7. The standard InChI is InChI=1S/C25H40ClNO4/c1-7-24(28)27(5)12-8-9-21(17-26)11-10-18(2)13-19(3)14-20(4)23-15-22(30-6)16-25(29)31-23/h10,16-17,19-20,23H,7-9,11-15H2,1-6H3. The number of carbonyl (C=O) groups excluding carboxylic acids is 2. The van der Waals surface area contributed by atoms with Crippen LogP contribution in [0.5, 0.6) is 0 Å². The van der Waals surface area contributed by atoms with Crippen molar-refractivity contribution in [1.29, 1.82) is 0 Å².